The summed E-state index contributed by atoms with van der Waals surface area (Å²) < 4.78 is 37.4. The van der Waals surface area contributed by atoms with E-state index in [0.717, 1.165) is 5.56 Å². The highest BCUT2D eigenvalue weighted by atomic mass is 19.4. The van der Waals surface area contributed by atoms with Crippen LogP contribution in [0.3, 0.4) is 0 Å². The van der Waals surface area contributed by atoms with Crippen LogP contribution in [0.4, 0.5) is 13.2 Å². The van der Waals surface area contributed by atoms with Crippen molar-refractivity contribution in [1.82, 2.24) is 10.2 Å². The topological polar surface area (TPSA) is 52.6 Å². The van der Waals surface area contributed by atoms with Gasteiger partial charge in [0.25, 0.3) is 0 Å². The second-order valence-corrected chi connectivity index (χ2v) is 6.19. The van der Waals surface area contributed by atoms with E-state index in [0.29, 0.717) is 26.1 Å². The molecule has 0 saturated carbocycles. The molecule has 7 heteroatoms. The zero-order valence-corrected chi connectivity index (χ0v) is 12.9. The highest BCUT2D eigenvalue weighted by Crippen LogP contribution is 2.26. The molecule has 0 aliphatic carbocycles. The van der Waals surface area contributed by atoms with Crippen LogP contribution in [-0.2, 0) is 11.3 Å². The van der Waals surface area contributed by atoms with Gasteiger partial charge in [0, 0.05) is 19.6 Å². The largest absolute Gasteiger partial charge is 0.471 e. The van der Waals surface area contributed by atoms with Crippen LogP contribution in [0.15, 0.2) is 30.3 Å². The molecule has 2 N–H and O–H groups in total. The summed E-state index contributed by atoms with van der Waals surface area (Å²) in [5.74, 6) is -2.00. The highest BCUT2D eigenvalue weighted by Gasteiger charge is 2.45. The molecule has 1 aromatic rings. The number of rotatable bonds is 3. The zero-order chi connectivity index (χ0) is 17.1. The second-order valence-electron chi connectivity index (χ2n) is 6.19. The van der Waals surface area contributed by atoms with E-state index in [1.807, 2.05) is 35.6 Å². The number of alkyl halides is 3. The fourth-order valence-electron chi connectivity index (χ4n) is 2.77. The van der Waals surface area contributed by atoms with Crippen LogP contribution >= 0.6 is 0 Å². The smallest absolute Gasteiger partial charge is 0.391 e. The molecule has 1 aliphatic heterocycles. The highest BCUT2D eigenvalue weighted by molar-refractivity contribution is 5.82. The molecule has 0 spiro atoms. The van der Waals surface area contributed by atoms with Crippen LogP contribution in [0, 0.1) is 0 Å². The maximum Gasteiger partial charge on any atom is 0.471 e. The van der Waals surface area contributed by atoms with Gasteiger partial charge >= 0.3 is 12.1 Å². The molecule has 0 bridgehead atoms. The number of nitrogens with one attached hydrogen (secondary N) is 1. The average molecular weight is 330 g/mol. The van der Waals surface area contributed by atoms with Gasteiger partial charge in [0.1, 0.15) is 0 Å². The zero-order valence-electron chi connectivity index (χ0n) is 12.9. The van der Waals surface area contributed by atoms with Gasteiger partial charge in [-0.2, -0.15) is 13.2 Å². The lowest BCUT2D eigenvalue weighted by molar-refractivity contribution is -0.177. The van der Waals surface area contributed by atoms with Crippen molar-refractivity contribution in [2.24, 2.45) is 0 Å². The van der Waals surface area contributed by atoms with Gasteiger partial charge < -0.3 is 10.4 Å². The Bertz CT molecular complexity index is 536. The second kappa shape index (κ2) is 6.88. The summed E-state index contributed by atoms with van der Waals surface area (Å²) in [5.41, 5.74) is -0.178. The van der Waals surface area contributed by atoms with Gasteiger partial charge in [0.15, 0.2) is 0 Å². The van der Waals surface area contributed by atoms with E-state index in [1.54, 1.807) is 0 Å². The van der Waals surface area contributed by atoms with Crippen LogP contribution in [0.2, 0.25) is 0 Å². The van der Waals surface area contributed by atoms with Crippen molar-refractivity contribution < 1.29 is 23.1 Å². The molecule has 4 nitrogen and oxygen atoms in total. The molecule has 1 heterocycles. The summed E-state index contributed by atoms with van der Waals surface area (Å²) in [7, 11) is 0. The van der Waals surface area contributed by atoms with Crippen LogP contribution in [0.1, 0.15) is 25.3 Å². The molecule has 0 unspecified atom stereocenters. The van der Waals surface area contributed by atoms with E-state index >= 15 is 0 Å². The molecule has 2 atom stereocenters. The van der Waals surface area contributed by atoms with Gasteiger partial charge in [-0.3, -0.25) is 9.69 Å². The van der Waals surface area contributed by atoms with Crippen LogP contribution < -0.4 is 5.32 Å². The summed E-state index contributed by atoms with van der Waals surface area (Å²) >= 11 is 0. The normalized spacial score (nSPS) is 26.6. The van der Waals surface area contributed by atoms with Gasteiger partial charge in [0.05, 0.1) is 11.6 Å². The maximum atomic E-state index is 12.5. The summed E-state index contributed by atoms with van der Waals surface area (Å²) in [4.78, 5) is 13.3. The van der Waals surface area contributed by atoms with E-state index in [-0.39, 0.29) is 6.42 Å². The van der Waals surface area contributed by atoms with Gasteiger partial charge in [-0.15, -0.1) is 0 Å². The van der Waals surface area contributed by atoms with Crippen LogP contribution in [-0.4, -0.2) is 46.8 Å². The Balaban J connectivity index is 2.01. The number of benzene rings is 1. The molecule has 1 fully saturated rings. The monoisotopic (exact) mass is 330 g/mol. The predicted octanol–water partition coefficient (Wildman–Crippen LogP) is 2.08. The van der Waals surface area contributed by atoms with Crippen molar-refractivity contribution >= 4 is 5.91 Å². The number of hydrogen-bond donors (Lipinski definition) is 2. The number of carbonyl (C=O) groups is 1. The summed E-state index contributed by atoms with van der Waals surface area (Å²) in [6, 6.07) is 9.72. The lowest BCUT2D eigenvalue weighted by Crippen LogP contribution is -2.57. The minimum absolute atomic E-state index is 0.253. The predicted molar refractivity (Wildman–Crippen MR) is 79.6 cm³/mol. The number of likely N-dealkylation sites (tertiary alicyclic amines) is 1. The SMILES string of the molecule is C[C@]1(NC(=O)C(F)(F)F)CCN(Cc2ccccc2)CC[C@@H]1O. The Labute approximate surface area is 133 Å². The average Bonchev–Trinajstić information content (AvgIpc) is 2.61. The van der Waals surface area contributed by atoms with E-state index in [1.165, 1.54) is 6.92 Å². The van der Waals surface area contributed by atoms with Crippen molar-refractivity contribution in [3.63, 3.8) is 0 Å². The third-order valence-corrected chi connectivity index (χ3v) is 4.31. The fraction of sp³-hybridized carbons (Fsp3) is 0.562. The maximum absolute atomic E-state index is 12.5. The Kier molecular flexibility index (Phi) is 5.31. The van der Waals surface area contributed by atoms with Crippen molar-refractivity contribution in [1.29, 1.82) is 0 Å². The molecule has 1 aromatic carbocycles. The molecular weight excluding hydrogens is 309 g/mol. The fourth-order valence-corrected chi connectivity index (χ4v) is 2.77. The number of nitrogens with zero attached hydrogens (tertiary/aromatic N) is 1. The molecular formula is C16H21F3N2O2. The van der Waals surface area contributed by atoms with Gasteiger partial charge in [0.2, 0.25) is 0 Å². The molecule has 0 radical (unpaired) electrons. The van der Waals surface area contributed by atoms with E-state index in [9.17, 15) is 23.1 Å². The third kappa shape index (κ3) is 4.68. The molecule has 1 saturated heterocycles. The van der Waals surface area contributed by atoms with E-state index < -0.39 is 23.7 Å². The molecule has 1 aliphatic rings. The summed E-state index contributed by atoms with van der Waals surface area (Å²) in [6.45, 7) is 3.19. The Morgan fingerprint density at radius 3 is 2.61 bits per heavy atom. The number of hydrogen-bond acceptors (Lipinski definition) is 3. The van der Waals surface area contributed by atoms with Gasteiger partial charge in [-0.1, -0.05) is 30.3 Å². The Morgan fingerprint density at radius 2 is 2.00 bits per heavy atom. The van der Waals surface area contributed by atoms with Gasteiger partial charge in [-0.05, 0) is 25.3 Å². The van der Waals surface area contributed by atoms with E-state index in [4.69, 9.17) is 0 Å². The standard InChI is InChI=1S/C16H21F3N2O2/c1-15(20-14(23)16(17,18)19)8-10-21(9-7-13(15)22)11-12-5-3-2-4-6-12/h2-6,13,22H,7-11H2,1H3,(H,20,23)/t13-,15-/m0/s1. The lowest BCUT2D eigenvalue weighted by Gasteiger charge is -2.34. The number of amides is 1. The minimum atomic E-state index is -4.95. The number of aliphatic hydroxyl groups excluding tert-OH is 1. The molecule has 0 aromatic heterocycles. The Hall–Kier alpha value is -1.60. The molecule has 1 amide bonds. The Morgan fingerprint density at radius 1 is 1.35 bits per heavy atom. The first-order chi connectivity index (χ1) is 10.7. The van der Waals surface area contributed by atoms with E-state index in [2.05, 4.69) is 4.90 Å². The van der Waals surface area contributed by atoms with Crippen molar-refractivity contribution in [2.45, 2.75) is 44.1 Å². The minimum Gasteiger partial charge on any atom is -0.391 e. The number of aliphatic hydroxyl groups is 1. The lowest BCUT2D eigenvalue weighted by atomic mass is 9.90. The van der Waals surface area contributed by atoms with Crippen molar-refractivity contribution in [3.8, 4) is 0 Å². The van der Waals surface area contributed by atoms with Crippen molar-refractivity contribution in [2.75, 3.05) is 13.1 Å². The molecule has 2 rings (SSSR count). The third-order valence-electron chi connectivity index (χ3n) is 4.31. The first-order valence-corrected chi connectivity index (χ1v) is 7.54. The first kappa shape index (κ1) is 17.7. The number of carbonyl (C=O) groups excluding carboxylic acids is 1. The quantitative estimate of drug-likeness (QED) is 0.892. The summed E-state index contributed by atoms with van der Waals surface area (Å²) in [6.07, 6.45) is -5.40. The summed E-state index contributed by atoms with van der Waals surface area (Å²) in [5, 5.41) is 12.2. The molecule has 128 valence electrons. The van der Waals surface area contributed by atoms with Crippen LogP contribution in [0.25, 0.3) is 0 Å². The van der Waals surface area contributed by atoms with Crippen molar-refractivity contribution in [3.05, 3.63) is 35.9 Å². The number of halogens is 3. The first-order valence-electron chi connectivity index (χ1n) is 7.54. The van der Waals surface area contributed by atoms with Gasteiger partial charge in [-0.25, -0.2) is 0 Å². The molecule has 23 heavy (non-hydrogen) atoms. The van der Waals surface area contributed by atoms with Crippen LogP contribution in [0.5, 0.6) is 0 Å².